The molecule has 8 nitrogen and oxygen atoms in total. The number of aromatic nitrogens is 2. The Kier molecular flexibility index (Phi) is 6.45. The fourth-order valence-electron chi connectivity index (χ4n) is 4.36. The molecule has 0 spiro atoms. The first-order valence-corrected chi connectivity index (χ1v) is 11.5. The number of rotatable bonds is 7. The van der Waals surface area contributed by atoms with Gasteiger partial charge in [-0.15, -0.1) is 0 Å². The summed E-state index contributed by atoms with van der Waals surface area (Å²) in [5, 5.41) is 10.2. The van der Waals surface area contributed by atoms with Crippen LogP contribution in [0.1, 0.15) is 39.1 Å². The van der Waals surface area contributed by atoms with Crippen LogP contribution in [0.15, 0.2) is 90.0 Å². The lowest BCUT2D eigenvalue weighted by atomic mass is 9.74. The van der Waals surface area contributed by atoms with Gasteiger partial charge in [0.2, 0.25) is 0 Å². The predicted octanol–water partition coefficient (Wildman–Crippen LogP) is 4.20. The Labute approximate surface area is 202 Å². The highest BCUT2D eigenvalue weighted by atomic mass is 16.5. The van der Waals surface area contributed by atoms with Gasteiger partial charge in [-0.1, -0.05) is 30.3 Å². The molecule has 0 aliphatic carbocycles. The molecule has 35 heavy (non-hydrogen) atoms. The van der Waals surface area contributed by atoms with Crippen LogP contribution in [0.3, 0.4) is 0 Å². The van der Waals surface area contributed by atoms with Crippen molar-refractivity contribution in [2.75, 3.05) is 25.1 Å². The molecule has 5 rings (SSSR count). The Morgan fingerprint density at radius 1 is 0.943 bits per heavy atom. The van der Waals surface area contributed by atoms with Gasteiger partial charge in [-0.25, -0.2) is 4.68 Å². The van der Waals surface area contributed by atoms with Gasteiger partial charge in [-0.2, -0.15) is 5.10 Å². The normalized spacial score (nSPS) is 14.9. The SMILES string of the molecule is O=C(NCC1(c2ccccc2)CCOCC1)c1ccc(-n2cc(NC(=O)c3ccoc3)cn2)cc1. The number of nitrogens with zero attached hydrogens (tertiary/aromatic N) is 2. The number of anilines is 1. The number of furan rings is 1. The maximum atomic E-state index is 12.9. The molecule has 0 atom stereocenters. The summed E-state index contributed by atoms with van der Waals surface area (Å²) >= 11 is 0. The van der Waals surface area contributed by atoms with Gasteiger partial charge < -0.3 is 19.8 Å². The van der Waals surface area contributed by atoms with Crippen LogP contribution in [0.2, 0.25) is 0 Å². The number of carbonyl (C=O) groups is 2. The molecule has 1 fully saturated rings. The van der Waals surface area contributed by atoms with Crippen molar-refractivity contribution in [2.45, 2.75) is 18.3 Å². The van der Waals surface area contributed by atoms with Gasteiger partial charge in [0.25, 0.3) is 11.8 Å². The number of amides is 2. The lowest BCUT2D eigenvalue weighted by Gasteiger charge is -2.38. The van der Waals surface area contributed by atoms with Crippen molar-refractivity contribution in [3.8, 4) is 5.69 Å². The summed E-state index contributed by atoms with van der Waals surface area (Å²) < 4.78 is 12.2. The van der Waals surface area contributed by atoms with Crippen LogP contribution in [0.25, 0.3) is 5.69 Å². The highest BCUT2D eigenvalue weighted by molar-refractivity contribution is 6.03. The average Bonchev–Trinajstić information content (AvgIpc) is 3.61. The maximum absolute atomic E-state index is 12.9. The zero-order valence-corrected chi connectivity index (χ0v) is 19.1. The van der Waals surface area contributed by atoms with Gasteiger partial charge in [-0.3, -0.25) is 9.59 Å². The van der Waals surface area contributed by atoms with E-state index >= 15 is 0 Å². The van der Waals surface area contributed by atoms with Crippen molar-refractivity contribution >= 4 is 17.5 Å². The molecule has 0 saturated carbocycles. The lowest BCUT2D eigenvalue weighted by Crippen LogP contribution is -2.44. The monoisotopic (exact) mass is 470 g/mol. The summed E-state index contributed by atoms with van der Waals surface area (Å²) in [5.74, 6) is -0.394. The van der Waals surface area contributed by atoms with E-state index in [2.05, 4.69) is 27.9 Å². The molecule has 8 heteroatoms. The Morgan fingerprint density at radius 2 is 1.71 bits per heavy atom. The number of hydrogen-bond acceptors (Lipinski definition) is 5. The second-order valence-corrected chi connectivity index (χ2v) is 8.63. The Balaban J connectivity index is 1.23. The lowest BCUT2D eigenvalue weighted by molar-refractivity contribution is 0.0487. The molecule has 0 bridgehead atoms. The van der Waals surface area contributed by atoms with E-state index in [9.17, 15) is 9.59 Å². The number of nitrogens with one attached hydrogen (secondary N) is 2. The number of hydrogen-bond donors (Lipinski definition) is 2. The average molecular weight is 471 g/mol. The van der Waals surface area contributed by atoms with E-state index in [-0.39, 0.29) is 17.2 Å². The molecule has 2 N–H and O–H groups in total. The van der Waals surface area contributed by atoms with E-state index in [0.29, 0.717) is 36.6 Å². The molecule has 0 radical (unpaired) electrons. The topological polar surface area (TPSA) is 98.4 Å². The smallest absolute Gasteiger partial charge is 0.259 e. The zero-order chi connectivity index (χ0) is 24.1. The molecule has 1 aliphatic rings. The summed E-state index contributed by atoms with van der Waals surface area (Å²) in [6.45, 7) is 1.93. The maximum Gasteiger partial charge on any atom is 0.259 e. The highest BCUT2D eigenvalue weighted by Crippen LogP contribution is 2.34. The quantitative estimate of drug-likeness (QED) is 0.422. The minimum Gasteiger partial charge on any atom is -0.472 e. The van der Waals surface area contributed by atoms with E-state index in [1.54, 1.807) is 35.3 Å². The Morgan fingerprint density at radius 3 is 2.43 bits per heavy atom. The van der Waals surface area contributed by atoms with Gasteiger partial charge in [-0.05, 0) is 48.7 Å². The van der Waals surface area contributed by atoms with Crippen LogP contribution in [-0.2, 0) is 10.2 Å². The predicted molar refractivity (Wildman–Crippen MR) is 131 cm³/mol. The van der Waals surface area contributed by atoms with E-state index in [1.165, 1.54) is 18.1 Å². The molecule has 178 valence electrons. The van der Waals surface area contributed by atoms with Gasteiger partial charge >= 0.3 is 0 Å². The summed E-state index contributed by atoms with van der Waals surface area (Å²) in [6.07, 6.45) is 7.84. The van der Waals surface area contributed by atoms with Crippen molar-refractivity contribution in [3.63, 3.8) is 0 Å². The van der Waals surface area contributed by atoms with E-state index in [0.717, 1.165) is 18.5 Å². The first-order valence-electron chi connectivity index (χ1n) is 11.5. The number of ether oxygens (including phenoxy) is 1. The second kappa shape index (κ2) is 9.99. The zero-order valence-electron chi connectivity index (χ0n) is 19.1. The molecular formula is C27H26N4O4. The number of carbonyl (C=O) groups excluding carboxylic acids is 2. The van der Waals surface area contributed by atoms with Gasteiger partial charge in [0.15, 0.2) is 0 Å². The minimum atomic E-state index is -0.275. The van der Waals surface area contributed by atoms with Crippen LogP contribution in [0, 0.1) is 0 Å². The standard InChI is InChI=1S/C27H26N4O4/c32-25(28-19-27(11-14-34-15-12-27)22-4-2-1-3-5-22)20-6-8-24(9-7-20)31-17-23(16-29-31)30-26(33)21-10-13-35-18-21/h1-10,13,16-18H,11-12,14-15,19H2,(H,28,32)(H,30,33). The Hall–Kier alpha value is -4.17. The molecule has 4 aromatic rings. The van der Waals surface area contributed by atoms with Crippen LogP contribution >= 0.6 is 0 Å². The molecule has 0 unspecified atom stereocenters. The van der Waals surface area contributed by atoms with E-state index in [1.807, 2.05) is 30.3 Å². The third kappa shape index (κ3) is 5.02. The summed E-state index contributed by atoms with van der Waals surface area (Å²) in [7, 11) is 0. The van der Waals surface area contributed by atoms with Crippen LogP contribution in [0.4, 0.5) is 5.69 Å². The Bertz CT molecular complexity index is 1270. The first kappa shape index (κ1) is 22.6. The largest absolute Gasteiger partial charge is 0.472 e. The van der Waals surface area contributed by atoms with Crippen molar-refractivity contribution in [1.29, 1.82) is 0 Å². The first-order chi connectivity index (χ1) is 17.1. The molecule has 2 amide bonds. The van der Waals surface area contributed by atoms with Crippen molar-refractivity contribution in [2.24, 2.45) is 0 Å². The van der Waals surface area contributed by atoms with Gasteiger partial charge in [0.05, 0.1) is 35.6 Å². The van der Waals surface area contributed by atoms with Crippen molar-refractivity contribution in [1.82, 2.24) is 15.1 Å². The molecule has 2 aromatic carbocycles. The second-order valence-electron chi connectivity index (χ2n) is 8.63. The third-order valence-electron chi connectivity index (χ3n) is 6.44. The fraction of sp³-hybridized carbons (Fsp3) is 0.222. The van der Waals surface area contributed by atoms with Crippen molar-refractivity contribution < 1.29 is 18.7 Å². The van der Waals surface area contributed by atoms with E-state index < -0.39 is 0 Å². The third-order valence-corrected chi connectivity index (χ3v) is 6.44. The minimum absolute atomic E-state index is 0.119. The molecule has 2 aromatic heterocycles. The summed E-state index contributed by atoms with van der Waals surface area (Å²) in [4.78, 5) is 25.1. The van der Waals surface area contributed by atoms with Gasteiger partial charge in [0.1, 0.15) is 6.26 Å². The van der Waals surface area contributed by atoms with Gasteiger partial charge in [0, 0.05) is 30.7 Å². The molecule has 3 heterocycles. The van der Waals surface area contributed by atoms with E-state index in [4.69, 9.17) is 9.15 Å². The van der Waals surface area contributed by atoms with Crippen LogP contribution in [0.5, 0.6) is 0 Å². The fourth-order valence-corrected chi connectivity index (χ4v) is 4.36. The van der Waals surface area contributed by atoms with Crippen molar-refractivity contribution in [3.05, 3.63) is 102 Å². The van der Waals surface area contributed by atoms with Crippen LogP contribution in [-0.4, -0.2) is 41.4 Å². The summed E-state index contributed by atoms with van der Waals surface area (Å²) in [6, 6.07) is 19.1. The highest BCUT2D eigenvalue weighted by Gasteiger charge is 2.34. The molecule has 1 aliphatic heterocycles. The summed E-state index contributed by atoms with van der Waals surface area (Å²) in [5.41, 5.74) is 3.44. The number of benzene rings is 2. The van der Waals surface area contributed by atoms with Crippen LogP contribution < -0.4 is 10.6 Å². The molecular weight excluding hydrogens is 444 g/mol. The molecule has 1 saturated heterocycles.